The van der Waals surface area contributed by atoms with E-state index in [-0.39, 0.29) is 0 Å². The first-order chi connectivity index (χ1) is 29.7. The number of aromatic nitrogens is 3. The molecule has 0 spiro atoms. The maximum atomic E-state index is 6.79. The van der Waals surface area contributed by atoms with Crippen LogP contribution in [0, 0.1) is 0 Å². The molecule has 3 aromatic heterocycles. The minimum absolute atomic E-state index is 0.599. The topological polar surface area (TPSA) is 65.0 Å². The number of nitrogens with zero attached hydrogens (tertiary/aromatic N) is 3. The highest BCUT2D eigenvalue weighted by atomic mass is 16.3. The summed E-state index contributed by atoms with van der Waals surface area (Å²) in [7, 11) is 0. The second kappa shape index (κ2) is 13.8. The monoisotopic (exact) mass is 767 g/mol. The zero-order valence-corrected chi connectivity index (χ0v) is 32.2. The summed E-state index contributed by atoms with van der Waals surface area (Å²) in [5.74, 6) is 1.83. The van der Waals surface area contributed by atoms with Gasteiger partial charge >= 0.3 is 0 Å². The van der Waals surface area contributed by atoms with Crippen LogP contribution in [0.15, 0.2) is 209 Å². The van der Waals surface area contributed by atoms with Crippen molar-refractivity contribution in [1.82, 2.24) is 15.0 Å². The van der Waals surface area contributed by atoms with Crippen molar-refractivity contribution in [2.75, 3.05) is 0 Å². The van der Waals surface area contributed by atoms with Crippen molar-refractivity contribution in [2.24, 2.45) is 0 Å². The van der Waals surface area contributed by atoms with E-state index < -0.39 is 0 Å². The molecule has 5 heteroatoms. The molecule has 9 aromatic carbocycles. The van der Waals surface area contributed by atoms with E-state index in [0.717, 1.165) is 99.3 Å². The van der Waals surface area contributed by atoms with Gasteiger partial charge in [0.15, 0.2) is 17.5 Å². The van der Waals surface area contributed by atoms with Gasteiger partial charge in [-0.1, -0.05) is 164 Å². The van der Waals surface area contributed by atoms with Gasteiger partial charge in [0.2, 0.25) is 0 Å². The summed E-state index contributed by atoms with van der Waals surface area (Å²) >= 11 is 0. The first-order valence-electron chi connectivity index (χ1n) is 20.1. The van der Waals surface area contributed by atoms with Crippen molar-refractivity contribution < 1.29 is 8.83 Å². The van der Waals surface area contributed by atoms with E-state index in [1.54, 1.807) is 0 Å². The minimum atomic E-state index is 0.599. The van der Waals surface area contributed by atoms with Crippen LogP contribution in [-0.4, -0.2) is 15.0 Å². The molecule has 12 aromatic rings. The maximum Gasteiger partial charge on any atom is 0.164 e. The summed E-state index contributed by atoms with van der Waals surface area (Å²) in [6.07, 6.45) is 0. The van der Waals surface area contributed by atoms with Gasteiger partial charge in [0.25, 0.3) is 0 Å². The molecule has 0 aliphatic carbocycles. The van der Waals surface area contributed by atoms with Crippen LogP contribution in [0.3, 0.4) is 0 Å². The molecule has 0 unspecified atom stereocenters. The summed E-state index contributed by atoms with van der Waals surface area (Å²) in [4.78, 5) is 15.4. The summed E-state index contributed by atoms with van der Waals surface area (Å²) in [5.41, 5.74) is 12.6. The smallest absolute Gasteiger partial charge is 0.164 e. The van der Waals surface area contributed by atoms with E-state index in [2.05, 4.69) is 176 Å². The lowest BCUT2D eigenvalue weighted by Crippen LogP contribution is -2.00. The fourth-order valence-electron chi connectivity index (χ4n) is 8.69. The van der Waals surface area contributed by atoms with Gasteiger partial charge < -0.3 is 8.83 Å². The molecule has 0 saturated heterocycles. The van der Waals surface area contributed by atoms with Crippen LogP contribution < -0.4 is 0 Å². The Morgan fingerprint density at radius 1 is 0.283 bits per heavy atom. The van der Waals surface area contributed by atoms with Gasteiger partial charge in [0.05, 0.1) is 0 Å². The van der Waals surface area contributed by atoms with Crippen LogP contribution in [0.1, 0.15) is 0 Å². The Morgan fingerprint density at radius 3 is 1.60 bits per heavy atom. The van der Waals surface area contributed by atoms with Crippen molar-refractivity contribution in [1.29, 1.82) is 0 Å². The average Bonchev–Trinajstić information content (AvgIpc) is 3.91. The number of rotatable bonds is 6. The first-order valence-corrected chi connectivity index (χ1v) is 20.1. The Bertz CT molecular complexity index is 3620. The van der Waals surface area contributed by atoms with E-state index >= 15 is 0 Å². The van der Waals surface area contributed by atoms with Crippen LogP contribution in [0.5, 0.6) is 0 Å². The molecule has 0 fully saturated rings. The van der Waals surface area contributed by atoms with Crippen LogP contribution in [-0.2, 0) is 0 Å². The quantitative estimate of drug-likeness (QED) is 0.169. The Morgan fingerprint density at radius 2 is 0.800 bits per heavy atom. The van der Waals surface area contributed by atoms with E-state index in [0.29, 0.717) is 17.5 Å². The summed E-state index contributed by atoms with van der Waals surface area (Å²) in [6.45, 7) is 0. The van der Waals surface area contributed by atoms with Crippen molar-refractivity contribution in [3.05, 3.63) is 200 Å². The Hall–Kier alpha value is -8.15. The highest BCUT2D eigenvalue weighted by molar-refractivity contribution is 6.19. The molecule has 0 atom stereocenters. The van der Waals surface area contributed by atoms with Gasteiger partial charge in [0.1, 0.15) is 22.3 Å². The van der Waals surface area contributed by atoms with Crippen LogP contribution in [0.2, 0.25) is 0 Å². The molecule has 0 radical (unpaired) electrons. The zero-order chi connectivity index (χ0) is 39.6. The van der Waals surface area contributed by atoms with Gasteiger partial charge in [-0.3, -0.25) is 0 Å². The fourth-order valence-corrected chi connectivity index (χ4v) is 8.69. The molecule has 0 amide bonds. The molecule has 3 heterocycles. The van der Waals surface area contributed by atoms with E-state index in [1.165, 1.54) is 5.39 Å². The molecule has 0 bridgehead atoms. The zero-order valence-electron chi connectivity index (χ0n) is 32.2. The average molecular weight is 768 g/mol. The van der Waals surface area contributed by atoms with Gasteiger partial charge in [-0.05, 0) is 75.0 Å². The second-order valence-electron chi connectivity index (χ2n) is 15.1. The lowest BCUT2D eigenvalue weighted by Gasteiger charge is -2.11. The third kappa shape index (κ3) is 5.67. The third-order valence-corrected chi connectivity index (χ3v) is 11.5. The molecular formula is C55H33N3O2. The predicted molar refractivity (Wildman–Crippen MR) is 245 cm³/mol. The lowest BCUT2D eigenvalue weighted by molar-refractivity contribution is 0.668. The highest BCUT2D eigenvalue weighted by Crippen LogP contribution is 2.44. The van der Waals surface area contributed by atoms with Gasteiger partial charge in [0, 0.05) is 43.8 Å². The molecule has 5 nitrogen and oxygen atoms in total. The number of hydrogen-bond acceptors (Lipinski definition) is 5. The number of fused-ring (bicyclic) bond motifs is 7. The van der Waals surface area contributed by atoms with Gasteiger partial charge in [-0.15, -0.1) is 0 Å². The minimum Gasteiger partial charge on any atom is -0.456 e. The number of benzene rings is 9. The third-order valence-electron chi connectivity index (χ3n) is 11.5. The fraction of sp³-hybridized carbons (Fsp3) is 0. The molecule has 12 rings (SSSR count). The second-order valence-corrected chi connectivity index (χ2v) is 15.1. The normalized spacial score (nSPS) is 11.7. The van der Waals surface area contributed by atoms with Crippen LogP contribution in [0.4, 0.5) is 0 Å². The van der Waals surface area contributed by atoms with Crippen molar-refractivity contribution in [3.63, 3.8) is 0 Å². The first kappa shape index (κ1) is 33.9. The maximum absolute atomic E-state index is 6.79. The van der Waals surface area contributed by atoms with E-state index in [9.17, 15) is 0 Å². The highest BCUT2D eigenvalue weighted by Gasteiger charge is 2.20. The summed E-state index contributed by atoms with van der Waals surface area (Å²) in [5, 5.41) is 6.57. The van der Waals surface area contributed by atoms with Gasteiger partial charge in [-0.25, -0.2) is 15.0 Å². The Balaban J connectivity index is 1.01. The van der Waals surface area contributed by atoms with Gasteiger partial charge in [-0.2, -0.15) is 0 Å². The molecule has 60 heavy (non-hydrogen) atoms. The summed E-state index contributed by atoms with van der Waals surface area (Å²) < 4.78 is 13.1. The largest absolute Gasteiger partial charge is 0.456 e. The van der Waals surface area contributed by atoms with E-state index in [4.69, 9.17) is 23.8 Å². The molecular weight excluding hydrogens is 735 g/mol. The Kier molecular flexibility index (Phi) is 7.78. The van der Waals surface area contributed by atoms with E-state index in [1.807, 2.05) is 24.3 Å². The number of para-hydroxylation sites is 2. The molecule has 0 saturated carbocycles. The lowest BCUT2D eigenvalue weighted by atomic mass is 9.95. The van der Waals surface area contributed by atoms with Crippen molar-refractivity contribution in [2.45, 2.75) is 0 Å². The SMILES string of the molecule is c1ccc(-c2cccc(-c3nc(-c4cccc(-c5cccc6oc7c(-c8cccc9oc%10ccccc%10c89)cccc7c56)c4)nc(-c4ccc5ccccc5c4)n3)c2)cc1. The molecule has 0 N–H and O–H groups in total. The number of furan rings is 2. The predicted octanol–water partition coefficient (Wildman–Crippen LogP) is 14.8. The van der Waals surface area contributed by atoms with Crippen molar-refractivity contribution >= 4 is 54.6 Å². The molecule has 0 aliphatic rings. The molecule has 0 aliphatic heterocycles. The standard InChI is InChI=1S/C55H33N3O2/c1-2-13-34(14-3-1)37-17-8-19-39(31-37)53-56-54(58-55(57-53)41-30-29-35-15-4-5-16-36(35)32-41)40-20-9-18-38(33-40)42-22-11-28-49-50(42)46-25-10-24-44(52(46)60-49)43-23-12-27-48-51(43)45-21-6-7-26-47(45)59-48/h1-33H. The number of hydrogen-bond donors (Lipinski definition) is 0. The van der Waals surface area contributed by atoms with Crippen LogP contribution in [0.25, 0.3) is 122 Å². The van der Waals surface area contributed by atoms with Crippen molar-refractivity contribution in [3.8, 4) is 67.5 Å². The van der Waals surface area contributed by atoms with Crippen LogP contribution >= 0.6 is 0 Å². The molecule has 280 valence electrons. The Labute approximate surface area is 344 Å². The summed E-state index contributed by atoms with van der Waals surface area (Å²) in [6, 6.07) is 69.2.